The van der Waals surface area contributed by atoms with Crippen molar-refractivity contribution in [2.45, 2.75) is 30.7 Å². The van der Waals surface area contributed by atoms with E-state index in [1.54, 1.807) is 43.3 Å². The first-order valence-electron chi connectivity index (χ1n) is 7.71. The van der Waals surface area contributed by atoms with Gasteiger partial charge in [-0.2, -0.15) is 4.98 Å². The normalized spacial score (nSPS) is 12.9. The molecule has 25 heavy (non-hydrogen) atoms. The van der Waals surface area contributed by atoms with Crippen LogP contribution in [-0.2, 0) is 16.3 Å². The van der Waals surface area contributed by atoms with Crippen molar-refractivity contribution >= 4 is 9.84 Å². The summed E-state index contributed by atoms with van der Waals surface area (Å²) in [5.74, 6) is 0.812. The summed E-state index contributed by atoms with van der Waals surface area (Å²) >= 11 is 0. The lowest BCUT2D eigenvalue weighted by atomic mass is 10.0. The minimum absolute atomic E-state index is 0.0231. The summed E-state index contributed by atoms with van der Waals surface area (Å²) in [6.45, 7) is 3.48. The predicted molar refractivity (Wildman–Crippen MR) is 91.4 cm³/mol. The smallest absolute Gasteiger partial charge is 0.223 e. The second-order valence-corrected chi connectivity index (χ2v) is 7.82. The topological polar surface area (TPSA) is 73.1 Å². The molecule has 0 radical (unpaired) electrons. The number of rotatable bonds is 5. The Morgan fingerprint density at radius 3 is 2.48 bits per heavy atom. The molecule has 1 aromatic heterocycles. The minimum Gasteiger partial charge on any atom is -0.339 e. The number of hydrogen-bond acceptors (Lipinski definition) is 5. The maximum absolute atomic E-state index is 14.6. The maximum atomic E-state index is 14.6. The molecule has 0 aliphatic rings. The molecule has 0 bridgehead atoms. The lowest BCUT2D eigenvalue weighted by Crippen LogP contribution is -2.19. The van der Waals surface area contributed by atoms with Crippen LogP contribution in [0.5, 0.6) is 0 Å². The van der Waals surface area contributed by atoms with Gasteiger partial charge in [-0.05, 0) is 36.2 Å². The first-order chi connectivity index (χ1) is 11.9. The second kappa shape index (κ2) is 6.76. The summed E-state index contributed by atoms with van der Waals surface area (Å²) < 4.78 is 44.4. The van der Waals surface area contributed by atoms with E-state index in [-0.39, 0.29) is 11.3 Å². The zero-order chi connectivity index (χ0) is 18.0. The van der Waals surface area contributed by atoms with Gasteiger partial charge in [0, 0.05) is 18.9 Å². The fourth-order valence-electron chi connectivity index (χ4n) is 2.49. The Bertz CT molecular complexity index is 985. The molecule has 3 rings (SSSR count). The van der Waals surface area contributed by atoms with E-state index in [1.807, 2.05) is 6.92 Å². The molecule has 0 saturated carbocycles. The summed E-state index contributed by atoms with van der Waals surface area (Å²) in [6.07, 6.45) is -0.242. The van der Waals surface area contributed by atoms with Crippen LogP contribution in [-0.4, -0.2) is 24.1 Å². The minimum atomic E-state index is -4.04. The van der Waals surface area contributed by atoms with Crippen LogP contribution in [0.3, 0.4) is 0 Å². The molecule has 5 nitrogen and oxygen atoms in total. The fraction of sp³-hybridized carbons (Fsp3) is 0.222. The number of alkyl halides is 1. The molecule has 0 saturated heterocycles. The van der Waals surface area contributed by atoms with E-state index < -0.39 is 15.3 Å². The Morgan fingerprint density at radius 1 is 1.12 bits per heavy atom. The number of hydrogen-bond donors (Lipinski definition) is 0. The van der Waals surface area contributed by atoms with Gasteiger partial charge in [0.1, 0.15) is 0 Å². The lowest BCUT2D eigenvalue weighted by Gasteiger charge is -2.12. The highest BCUT2D eigenvalue weighted by atomic mass is 32.2. The van der Waals surface area contributed by atoms with E-state index in [4.69, 9.17) is 4.52 Å². The Kier molecular flexibility index (Phi) is 4.67. The number of benzene rings is 2. The summed E-state index contributed by atoms with van der Waals surface area (Å²) in [4.78, 5) is 4.11. The van der Waals surface area contributed by atoms with Crippen LogP contribution < -0.4 is 0 Å². The average molecular weight is 360 g/mol. The van der Waals surface area contributed by atoms with Gasteiger partial charge in [-0.3, -0.25) is 0 Å². The molecule has 1 atom stereocenters. The van der Waals surface area contributed by atoms with Gasteiger partial charge in [0.15, 0.2) is 0 Å². The first-order valence-corrected chi connectivity index (χ1v) is 9.26. The van der Waals surface area contributed by atoms with E-state index in [1.165, 1.54) is 12.1 Å². The third kappa shape index (κ3) is 3.61. The third-order valence-corrected chi connectivity index (χ3v) is 5.69. The summed E-state index contributed by atoms with van der Waals surface area (Å²) in [5, 5.41) is 3.83. The van der Waals surface area contributed by atoms with Crippen LogP contribution in [0, 0.1) is 13.8 Å². The van der Waals surface area contributed by atoms with E-state index in [0.29, 0.717) is 22.8 Å². The first kappa shape index (κ1) is 17.3. The molecule has 0 fully saturated rings. The molecule has 0 aliphatic carbocycles. The molecule has 1 heterocycles. The van der Waals surface area contributed by atoms with E-state index in [2.05, 4.69) is 10.1 Å². The second-order valence-electron chi connectivity index (χ2n) is 5.75. The highest BCUT2D eigenvalue weighted by molar-refractivity contribution is 7.91. The van der Waals surface area contributed by atoms with E-state index in [9.17, 15) is 12.8 Å². The quantitative estimate of drug-likeness (QED) is 0.694. The van der Waals surface area contributed by atoms with Crippen molar-refractivity contribution in [3.05, 3.63) is 65.5 Å². The molecule has 0 spiro atoms. The number of nitrogens with zero attached hydrogens (tertiary/aromatic N) is 2. The summed E-state index contributed by atoms with van der Waals surface area (Å²) in [7, 11) is -4.04. The molecule has 1 unspecified atom stereocenters. The molecular formula is C18H17FN2O3S. The van der Waals surface area contributed by atoms with Crippen LogP contribution in [0.2, 0.25) is 0 Å². The zero-order valence-electron chi connectivity index (χ0n) is 13.8. The average Bonchev–Trinajstić information content (AvgIpc) is 3.04. The van der Waals surface area contributed by atoms with E-state index in [0.717, 1.165) is 5.56 Å². The molecule has 0 aliphatic heterocycles. The van der Waals surface area contributed by atoms with Crippen LogP contribution in [0.15, 0.2) is 57.9 Å². The summed E-state index contributed by atoms with van der Waals surface area (Å²) in [5.41, 5.74) is 0.0134. The van der Waals surface area contributed by atoms with Gasteiger partial charge in [-0.15, -0.1) is 0 Å². The number of aromatic nitrogens is 2. The van der Waals surface area contributed by atoms with Crippen LogP contribution in [0.4, 0.5) is 4.39 Å². The number of sulfone groups is 1. The van der Waals surface area contributed by atoms with Gasteiger partial charge in [0.2, 0.25) is 27.1 Å². The molecule has 130 valence electrons. The standard InChI is InChI=1S/C18H17FN2O3S/c1-12-8-9-14(18-20-13(2)24-21-18)10-15(12)11-17(19)25(22,23)16-6-4-3-5-7-16/h3-10,17H,11H2,1-2H3. The van der Waals surface area contributed by atoms with Crippen LogP contribution >= 0.6 is 0 Å². The highest BCUT2D eigenvalue weighted by Gasteiger charge is 2.28. The highest BCUT2D eigenvalue weighted by Crippen LogP contribution is 2.25. The Morgan fingerprint density at radius 2 is 1.84 bits per heavy atom. The predicted octanol–water partition coefficient (Wildman–Crippen LogP) is 3.67. The van der Waals surface area contributed by atoms with Crippen LogP contribution in [0.25, 0.3) is 11.4 Å². The fourth-order valence-corrected chi connectivity index (χ4v) is 3.72. The van der Waals surface area contributed by atoms with Gasteiger partial charge in [0.25, 0.3) is 0 Å². The van der Waals surface area contributed by atoms with Crippen molar-refractivity contribution in [3.63, 3.8) is 0 Å². The SMILES string of the molecule is Cc1nc(-c2ccc(C)c(CC(F)S(=O)(=O)c3ccccc3)c2)no1. The molecule has 0 N–H and O–H groups in total. The third-order valence-electron chi connectivity index (χ3n) is 3.92. The molecule has 2 aromatic carbocycles. The van der Waals surface area contributed by atoms with Crippen molar-refractivity contribution < 1.29 is 17.3 Å². The summed E-state index contributed by atoms with van der Waals surface area (Å²) in [6, 6.07) is 12.9. The van der Waals surface area contributed by atoms with Crippen molar-refractivity contribution in [1.29, 1.82) is 0 Å². The zero-order valence-corrected chi connectivity index (χ0v) is 14.6. The van der Waals surface area contributed by atoms with Crippen LogP contribution in [0.1, 0.15) is 17.0 Å². The van der Waals surface area contributed by atoms with Crippen molar-refractivity contribution in [2.75, 3.05) is 0 Å². The maximum Gasteiger partial charge on any atom is 0.223 e. The molecule has 3 aromatic rings. The van der Waals surface area contributed by atoms with Gasteiger partial charge >= 0.3 is 0 Å². The molecule has 0 amide bonds. The molecular weight excluding hydrogens is 343 g/mol. The Balaban J connectivity index is 1.90. The Labute approximate surface area is 145 Å². The number of halogens is 1. The van der Waals surface area contributed by atoms with Crippen molar-refractivity contribution in [2.24, 2.45) is 0 Å². The molecule has 7 heteroatoms. The van der Waals surface area contributed by atoms with Gasteiger partial charge in [0.05, 0.1) is 4.90 Å². The lowest BCUT2D eigenvalue weighted by molar-refractivity contribution is 0.394. The number of aryl methyl sites for hydroxylation is 2. The van der Waals surface area contributed by atoms with E-state index >= 15 is 0 Å². The van der Waals surface area contributed by atoms with Gasteiger partial charge < -0.3 is 4.52 Å². The monoisotopic (exact) mass is 360 g/mol. The van der Waals surface area contributed by atoms with Crippen molar-refractivity contribution in [1.82, 2.24) is 10.1 Å². The van der Waals surface area contributed by atoms with Gasteiger partial charge in [-0.1, -0.05) is 35.5 Å². The van der Waals surface area contributed by atoms with Crippen molar-refractivity contribution in [3.8, 4) is 11.4 Å². The van der Waals surface area contributed by atoms with Gasteiger partial charge in [-0.25, -0.2) is 12.8 Å². The largest absolute Gasteiger partial charge is 0.339 e. The Hall–Kier alpha value is -2.54.